The summed E-state index contributed by atoms with van der Waals surface area (Å²) in [7, 11) is 2.19. The minimum atomic E-state index is -0.254. The molecule has 3 aliphatic carbocycles. The molecular formula is C44H47N5O. The van der Waals surface area contributed by atoms with Gasteiger partial charge in [-0.2, -0.15) is 0 Å². The molecule has 0 saturated carbocycles. The summed E-state index contributed by atoms with van der Waals surface area (Å²) >= 11 is 0. The first-order chi connectivity index (χ1) is 24.6. The van der Waals surface area contributed by atoms with Gasteiger partial charge in [-0.1, -0.05) is 91.0 Å². The van der Waals surface area contributed by atoms with Gasteiger partial charge in [0.05, 0.1) is 11.8 Å². The van der Waals surface area contributed by atoms with Crippen molar-refractivity contribution in [2.45, 2.75) is 76.2 Å². The van der Waals surface area contributed by atoms with Gasteiger partial charge in [0.25, 0.3) is 0 Å². The van der Waals surface area contributed by atoms with Crippen LogP contribution < -0.4 is 5.32 Å². The van der Waals surface area contributed by atoms with Crippen LogP contribution in [-0.4, -0.2) is 40.2 Å². The number of rotatable bonds is 4. The summed E-state index contributed by atoms with van der Waals surface area (Å²) in [5.74, 6) is 1.66. The van der Waals surface area contributed by atoms with Crippen LogP contribution in [0.4, 0.5) is 0 Å². The number of ether oxygens (including phenoxy) is 1. The molecule has 6 nitrogen and oxygen atoms in total. The number of benzene rings is 2. The first-order valence-electron chi connectivity index (χ1n) is 18.6. The standard InChI is InChI=1S/C44H47N5O/c1-29-30(2)49(43-47-41(31-16-8-4-9-17-31)46-42(48(43)3)32-18-10-5-11-19-32)39-35-24-26-45-28-37(35)44(33-20-12-6-13-21-33,34-22-14-7-15-23-34)36-25-27-50-40(36)38(29)39/h5-8,10-14,16-21,24,26,28,34,36,40-42,46H,4,9,15,22-23,25,27H2,1-3H3. The normalized spacial score (nSPS) is 28.7. The molecule has 0 radical (unpaired) electrons. The summed E-state index contributed by atoms with van der Waals surface area (Å²) < 4.78 is 9.47. The second-order valence-corrected chi connectivity index (χ2v) is 14.7. The van der Waals surface area contributed by atoms with Crippen LogP contribution in [0, 0.1) is 25.7 Å². The van der Waals surface area contributed by atoms with Gasteiger partial charge in [-0.25, -0.2) is 4.99 Å². The van der Waals surface area contributed by atoms with E-state index in [1.807, 2.05) is 6.20 Å². The number of fused-ring (bicyclic) bond motifs is 5. The van der Waals surface area contributed by atoms with Crippen LogP contribution in [0.25, 0.3) is 11.3 Å². The van der Waals surface area contributed by atoms with E-state index >= 15 is 0 Å². The van der Waals surface area contributed by atoms with Crippen LogP contribution >= 0.6 is 0 Å². The Balaban J connectivity index is 1.32. The Bertz CT molecular complexity index is 2020. The molecule has 1 N–H and O–H groups in total. The van der Waals surface area contributed by atoms with E-state index in [0.29, 0.717) is 5.92 Å². The summed E-state index contributed by atoms with van der Waals surface area (Å²) in [5.41, 5.74) is 11.2. The highest BCUT2D eigenvalue weighted by atomic mass is 16.5. The summed E-state index contributed by atoms with van der Waals surface area (Å²) in [6.07, 6.45) is 22.0. The van der Waals surface area contributed by atoms with Gasteiger partial charge in [0.1, 0.15) is 12.3 Å². The molecule has 4 aromatic rings. The molecule has 50 heavy (non-hydrogen) atoms. The number of hydrogen-bond donors (Lipinski definition) is 1. The van der Waals surface area contributed by atoms with E-state index < -0.39 is 0 Å². The number of nitrogens with one attached hydrogen (secondary N) is 1. The summed E-state index contributed by atoms with van der Waals surface area (Å²) in [6.45, 7) is 5.34. The Labute approximate surface area is 296 Å². The molecule has 6 atom stereocenters. The van der Waals surface area contributed by atoms with Crippen molar-refractivity contribution in [3.63, 3.8) is 0 Å². The maximum atomic E-state index is 7.00. The van der Waals surface area contributed by atoms with Crippen LogP contribution in [0.15, 0.2) is 120 Å². The minimum absolute atomic E-state index is 0.0409. The van der Waals surface area contributed by atoms with Crippen molar-refractivity contribution in [3.8, 4) is 11.3 Å². The fourth-order valence-electron chi connectivity index (χ4n) is 10.0. The molecule has 2 aromatic heterocycles. The summed E-state index contributed by atoms with van der Waals surface area (Å²) in [4.78, 5) is 12.9. The largest absolute Gasteiger partial charge is 0.373 e. The molecule has 9 rings (SSSR count). The zero-order valence-electron chi connectivity index (χ0n) is 29.4. The van der Waals surface area contributed by atoms with Crippen molar-refractivity contribution < 1.29 is 4.74 Å². The first-order valence-corrected chi connectivity index (χ1v) is 18.6. The lowest BCUT2D eigenvalue weighted by molar-refractivity contribution is 0.0585. The molecule has 4 heterocycles. The molecule has 254 valence electrons. The number of nitrogens with zero attached hydrogens (tertiary/aromatic N) is 4. The third-order valence-electron chi connectivity index (χ3n) is 12.3. The summed E-state index contributed by atoms with van der Waals surface area (Å²) in [5, 5.41) is 3.91. The number of aromatic nitrogens is 2. The van der Waals surface area contributed by atoms with Crippen LogP contribution in [0.5, 0.6) is 0 Å². The Hall–Kier alpha value is -4.52. The summed E-state index contributed by atoms with van der Waals surface area (Å²) in [6, 6.07) is 24.4. The third-order valence-corrected chi connectivity index (χ3v) is 12.3. The van der Waals surface area contributed by atoms with Crippen molar-refractivity contribution in [1.82, 2.24) is 19.8 Å². The molecule has 0 spiro atoms. The van der Waals surface area contributed by atoms with Crippen molar-refractivity contribution in [2.24, 2.45) is 16.8 Å². The maximum Gasteiger partial charge on any atom is 0.208 e. The Morgan fingerprint density at radius 3 is 2.48 bits per heavy atom. The number of aliphatic imine (C=N–C) groups is 1. The van der Waals surface area contributed by atoms with E-state index in [1.54, 1.807) is 0 Å². The SMILES string of the molecule is Cc1c2c(n(C3=NC(C4=CCCC=C4)NC(c4ccccc4)N3C)c1C)-c1ccncc1C(c1ccccc1)(C1CC=CCC1)C1CCOC21. The van der Waals surface area contributed by atoms with Gasteiger partial charge >= 0.3 is 0 Å². The molecule has 6 heteroatoms. The smallest absolute Gasteiger partial charge is 0.208 e. The van der Waals surface area contributed by atoms with Gasteiger partial charge in [-0.15, -0.1) is 0 Å². The van der Waals surface area contributed by atoms with E-state index in [-0.39, 0.29) is 29.8 Å². The van der Waals surface area contributed by atoms with Gasteiger partial charge in [-0.05, 0) is 92.2 Å². The molecule has 0 bridgehead atoms. The van der Waals surface area contributed by atoms with Gasteiger partial charge < -0.3 is 9.64 Å². The topological polar surface area (TPSA) is 54.7 Å². The number of pyridine rings is 1. The van der Waals surface area contributed by atoms with Crippen LogP contribution in [0.2, 0.25) is 0 Å². The number of allylic oxidation sites excluding steroid dienone is 4. The Kier molecular flexibility index (Phi) is 7.97. The number of hydrogen-bond acceptors (Lipinski definition) is 5. The fourth-order valence-corrected chi connectivity index (χ4v) is 10.0. The zero-order chi connectivity index (χ0) is 33.8. The average molecular weight is 662 g/mol. The lowest BCUT2D eigenvalue weighted by atomic mass is 9.55. The molecular weight excluding hydrogens is 615 g/mol. The second-order valence-electron chi connectivity index (χ2n) is 14.7. The van der Waals surface area contributed by atoms with Gasteiger partial charge in [0.15, 0.2) is 0 Å². The first kappa shape index (κ1) is 31.5. The Morgan fingerprint density at radius 1 is 0.900 bits per heavy atom. The van der Waals surface area contributed by atoms with E-state index in [4.69, 9.17) is 14.7 Å². The second kappa shape index (κ2) is 12.7. The Morgan fingerprint density at radius 2 is 1.72 bits per heavy atom. The van der Waals surface area contributed by atoms with E-state index in [2.05, 4.69) is 139 Å². The van der Waals surface area contributed by atoms with E-state index in [1.165, 1.54) is 50.3 Å². The lowest BCUT2D eigenvalue weighted by Crippen LogP contribution is -2.52. The van der Waals surface area contributed by atoms with Crippen LogP contribution in [0.3, 0.4) is 0 Å². The quantitative estimate of drug-likeness (QED) is 0.222. The van der Waals surface area contributed by atoms with Crippen molar-refractivity contribution in [2.75, 3.05) is 13.7 Å². The third kappa shape index (κ3) is 4.75. The molecule has 0 amide bonds. The van der Waals surface area contributed by atoms with Crippen molar-refractivity contribution in [3.05, 3.63) is 149 Å². The molecule has 6 unspecified atom stereocenters. The fraction of sp³-hybridized carbons (Fsp3) is 0.364. The minimum Gasteiger partial charge on any atom is -0.373 e. The molecule has 5 aliphatic rings. The average Bonchev–Trinajstić information content (AvgIpc) is 3.73. The maximum absolute atomic E-state index is 7.00. The van der Waals surface area contributed by atoms with Crippen LogP contribution in [-0.2, 0) is 10.2 Å². The van der Waals surface area contributed by atoms with Crippen LogP contribution in [0.1, 0.15) is 84.3 Å². The predicted octanol–water partition coefficient (Wildman–Crippen LogP) is 8.94. The lowest BCUT2D eigenvalue weighted by Gasteiger charge is -2.48. The van der Waals surface area contributed by atoms with Gasteiger partial charge in [0.2, 0.25) is 5.96 Å². The monoisotopic (exact) mass is 661 g/mol. The van der Waals surface area contributed by atoms with Crippen molar-refractivity contribution >= 4 is 5.96 Å². The van der Waals surface area contributed by atoms with E-state index in [0.717, 1.165) is 51.1 Å². The predicted molar refractivity (Wildman–Crippen MR) is 201 cm³/mol. The highest BCUT2D eigenvalue weighted by Gasteiger charge is 2.57. The van der Waals surface area contributed by atoms with Gasteiger partial charge in [0, 0.05) is 54.2 Å². The van der Waals surface area contributed by atoms with Crippen molar-refractivity contribution in [1.29, 1.82) is 0 Å². The zero-order valence-corrected chi connectivity index (χ0v) is 29.4. The highest BCUT2D eigenvalue weighted by molar-refractivity contribution is 5.92. The molecule has 1 fully saturated rings. The molecule has 1 saturated heterocycles. The van der Waals surface area contributed by atoms with Gasteiger partial charge in [-0.3, -0.25) is 14.9 Å². The molecule has 2 aliphatic heterocycles. The van der Waals surface area contributed by atoms with E-state index in [9.17, 15) is 0 Å². The molecule has 2 aromatic carbocycles. The highest BCUT2D eigenvalue weighted by Crippen LogP contribution is 2.62.